The number of fused-ring (bicyclic) bond motifs is 4. The molecule has 0 aromatic heterocycles. The SMILES string of the molecule is Cc1cc([C@H]2C[C@H]3CC[C@H]2C3)c(O)c([C@@H]2C[C@H]3CC[C@H]2C3)c1. The number of aryl methyl sites for hydroxylation is 1. The van der Waals surface area contributed by atoms with Gasteiger partial charge < -0.3 is 5.11 Å². The van der Waals surface area contributed by atoms with Crippen molar-refractivity contribution in [1.82, 2.24) is 0 Å². The second-order valence-corrected chi connectivity index (χ2v) is 8.85. The number of phenolic OH excluding ortho intramolecular Hbond substituents is 1. The quantitative estimate of drug-likeness (QED) is 0.763. The molecule has 0 radical (unpaired) electrons. The molecule has 4 fully saturated rings. The fourth-order valence-electron chi connectivity index (χ4n) is 6.65. The minimum Gasteiger partial charge on any atom is -0.507 e. The monoisotopic (exact) mass is 296 g/mol. The normalized spacial score (nSPS) is 42.4. The summed E-state index contributed by atoms with van der Waals surface area (Å²) < 4.78 is 0. The molecule has 0 unspecified atom stereocenters. The van der Waals surface area contributed by atoms with E-state index in [0.717, 1.165) is 23.7 Å². The molecule has 5 rings (SSSR count). The third kappa shape index (κ3) is 1.90. The van der Waals surface area contributed by atoms with Crippen LogP contribution in [0.25, 0.3) is 0 Å². The topological polar surface area (TPSA) is 20.2 Å². The summed E-state index contributed by atoms with van der Waals surface area (Å²) in [7, 11) is 0. The lowest BCUT2D eigenvalue weighted by atomic mass is 9.77. The second kappa shape index (κ2) is 4.76. The van der Waals surface area contributed by atoms with Crippen molar-refractivity contribution in [3.63, 3.8) is 0 Å². The van der Waals surface area contributed by atoms with Crippen LogP contribution in [-0.4, -0.2) is 5.11 Å². The summed E-state index contributed by atoms with van der Waals surface area (Å²) in [6.45, 7) is 2.23. The summed E-state index contributed by atoms with van der Waals surface area (Å²) in [6, 6.07) is 4.61. The van der Waals surface area contributed by atoms with E-state index in [4.69, 9.17) is 0 Å². The molecule has 1 nitrogen and oxygen atoms in total. The van der Waals surface area contributed by atoms with Crippen molar-refractivity contribution in [2.24, 2.45) is 23.7 Å². The first kappa shape index (κ1) is 13.5. The molecule has 0 amide bonds. The lowest BCUT2D eigenvalue weighted by Crippen LogP contribution is -2.13. The van der Waals surface area contributed by atoms with Crippen molar-refractivity contribution < 1.29 is 5.11 Å². The predicted octanol–water partition coefficient (Wildman–Crippen LogP) is 5.51. The maximum absolute atomic E-state index is 11.1. The van der Waals surface area contributed by atoms with Crippen molar-refractivity contribution in [1.29, 1.82) is 0 Å². The summed E-state index contributed by atoms with van der Waals surface area (Å²) in [5, 5.41) is 11.1. The standard InChI is InChI=1S/C21H28O/c1-12-6-19(17-10-13-2-4-15(17)8-13)21(22)20(7-12)18-11-14-3-5-16(18)9-14/h6-7,13-18,22H,2-5,8-11H2,1H3/t13-,14-,15-,16-,17-,18+/m0/s1. The van der Waals surface area contributed by atoms with E-state index in [2.05, 4.69) is 19.1 Å². The molecule has 0 aliphatic heterocycles. The summed E-state index contributed by atoms with van der Waals surface area (Å²) in [5.41, 5.74) is 3.99. The summed E-state index contributed by atoms with van der Waals surface area (Å²) in [6.07, 6.45) is 11.2. The Morgan fingerprint density at radius 3 is 1.64 bits per heavy atom. The van der Waals surface area contributed by atoms with E-state index in [-0.39, 0.29) is 0 Å². The highest BCUT2D eigenvalue weighted by molar-refractivity contribution is 5.48. The molecule has 4 aliphatic rings. The van der Waals surface area contributed by atoms with Gasteiger partial charge in [0.15, 0.2) is 0 Å². The van der Waals surface area contributed by atoms with Gasteiger partial charge in [0.1, 0.15) is 5.75 Å². The Balaban J connectivity index is 1.53. The number of hydrogen-bond donors (Lipinski definition) is 1. The highest BCUT2D eigenvalue weighted by Crippen LogP contribution is 2.58. The first-order chi connectivity index (χ1) is 10.7. The van der Waals surface area contributed by atoms with Gasteiger partial charge in [-0.25, -0.2) is 0 Å². The molecule has 0 spiro atoms. The summed E-state index contributed by atoms with van der Waals surface area (Å²) in [4.78, 5) is 0. The van der Waals surface area contributed by atoms with Crippen LogP contribution in [0.5, 0.6) is 5.75 Å². The largest absolute Gasteiger partial charge is 0.507 e. The van der Waals surface area contributed by atoms with Gasteiger partial charge in [0, 0.05) is 0 Å². The van der Waals surface area contributed by atoms with Gasteiger partial charge in [-0.05, 0) is 92.1 Å². The van der Waals surface area contributed by atoms with Gasteiger partial charge in [-0.1, -0.05) is 30.5 Å². The van der Waals surface area contributed by atoms with Crippen LogP contribution in [0.15, 0.2) is 12.1 Å². The fourth-order valence-corrected chi connectivity index (χ4v) is 6.65. The van der Waals surface area contributed by atoms with Crippen molar-refractivity contribution in [3.8, 4) is 5.75 Å². The molecule has 0 saturated heterocycles. The molecular formula is C21H28O. The molecule has 6 atom stereocenters. The van der Waals surface area contributed by atoms with Crippen molar-refractivity contribution in [3.05, 3.63) is 28.8 Å². The van der Waals surface area contributed by atoms with Crippen molar-refractivity contribution in [2.45, 2.75) is 70.1 Å². The minimum atomic E-state index is 0.649. The molecule has 1 aromatic carbocycles. The predicted molar refractivity (Wildman–Crippen MR) is 89.2 cm³/mol. The Hall–Kier alpha value is -0.980. The van der Waals surface area contributed by atoms with Gasteiger partial charge >= 0.3 is 0 Å². The third-order valence-electron chi connectivity index (χ3n) is 7.59. The smallest absolute Gasteiger partial charge is 0.122 e. The molecule has 22 heavy (non-hydrogen) atoms. The van der Waals surface area contributed by atoms with Gasteiger partial charge in [0.2, 0.25) is 0 Å². The van der Waals surface area contributed by atoms with E-state index < -0.39 is 0 Å². The lowest BCUT2D eigenvalue weighted by molar-refractivity contribution is 0.376. The maximum atomic E-state index is 11.1. The molecule has 4 aliphatic carbocycles. The highest BCUT2D eigenvalue weighted by atomic mass is 16.3. The average molecular weight is 296 g/mol. The Kier molecular flexibility index (Phi) is 2.91. The van der Waals surface area contributed by atoms with Crippen LogP contribution in [0.4, 0.5) is 0 Å². The van der Waals surface area contributed by atoms with Gasteiger partial charge in [0.25, 0.3) is 0 Å². The fraction of sp³-hybridized carbons (Fsp3) is 0.714. The number of rotatable bonds is 2. The van der Waals surface area contributed by atoms with E-state index in [9.17, 15) is 5.11 Å². The first-order valence-corrected chi connectivity index (χ1v) is 9.52. The third-order valence-corrected chi connectivity index (χ3v) is 7.59. The molecule has 0 heterocycles. The van der Waals surface area contributed by atoms with Crippen LogP contribution in [0.3, 0.4) is 0 Å². The molecule has 1 N–H and O–H groups in total. The summed E-state index contributed by atoms with van der Waals surface area (Å²) in [5.74, 6) is 5.59. The van der Waals surface area contributed by atoms with Gasteiger partial charge in [-0.3, -0.25) is 0 Å². The average Bonchev–Trinajstić information content (AvgIpc) is 3.29. The number of phenols is 1. The molecule has 1 aromatic rings. The number of hydrogen-bond acceptors (Lipinski definition) is 1. The van der Waals surface area contributed by atoms with Crippen LogP contribution in [-0.2, 0) is 0 Å². The zero-order valence-corrected chi connectivity index (χ0v) is 13.7. The molecule has 4 bridgehead atoms. The Morgan fingerprint density at radius 2 is 1.27 bits per heavy atom. The van der Waals surface area contributed by atoms with Crippen LogP contribution in [0.1, 0.15) is 79.9 Å². The Bertz CT molecular complexity index is 555. The Labute approximate surface area is 134 Å². The Morgan fingerprint density at radius 1 is 0.773 bits per heavy atom. The summed E-state index contributed by atoms with van der Waals surface area (Å²) >= 11 is 0. The lowest BCUT2D eigenvalue weighted by Gasteiger charge is -2.28. The second-order valence-electron chi connectivity index (χ2n) is 8.85. The van der Waals surface area contributed by atoms with E-state index in [1.165, 1.54) is 68.1 Å². The van der Waals surface area contributed by atoms with Gasteiger partial charge in [-0.2, -0.15) is 0 Å². The van der Waals surface area contributed by atoms with Crippen molar-refractivity contribution in [2.75, 3.05) is 0 Å². The van der Waals surface area contributed by atoms with Crippen LogP contribution in [0.2, 0.25) is 0 Å². The molecule has 118 valence electrons. The molecular weight excluding hydrogens is 268 g/mol. The minimum absolute atomic E-state index is 0.649. The van der Waals surface area contributed by atoms with E-state index in [0.29, 0.717) is 17.6 Å². The zero-order valence-electron chi connectivity index (χ0n) is 13.7. The van der Waals surface area contributed by atoms with Gasteiger partial charge in [0.05, 0.1) is 0 Å². The number of benzene rings is 1. The van der Waals surface area contributed by atoms with E-state index >= 15 is 0 Å². The van der Waals surface area contributed by atoms with Gasteiger partial charge in [-0.15, -0.1) is 0 Å². The van der Waals surface area contributed by atoms with E-state index in [1.54, 1.807) is 0 Å². The molecule has 1 heteroatoms. The number of aromatic hydroxyl groups is 1. The highest BCUT2D eigenvalue weighted by Gasteiger charge is 2.44. The molecule has 4 saturated carbocycles. The van der Waals surface area contributed by atoms with Crippen molar-refractivity contribution >= 4 is 0 Å². The maximum Gasteiger partial charge on any atom is 0.122 e. The zero-order chi connectivity index (χ0) is 14.8. The van der Waals surface area contributed by atoms with Crippen LogP contribution in [0, 0.1) is 30.6 Å². The van der Waals surface area contributed by atoms with E-state index in [1.807, 2.05) is 0 Å². The first-order valence-electron chi connectivity index (χ1n) is 9.52. The van der Waals surface area contributed by atoms with Crippen LogP contribution < -0.4 is 0 Å². The van der Waals surface area contributed by atoms with Crippen LogP contribution >= 0.6 is 0 Å².